The third-order valence-electron chi connectivity index (χ3n) is 5.54. The van der Waals surface area contributed by atoms with E-state index in [2.05, 4.69) is 0 Å². The molecule has 1 saturated heterocycles. The molecule has 2 fully saturated rings. The Hall–Kier alpha value is -2.05. The summed E-state index contributed by atoms with van der Waals surface area (Å²) in [6.07, 6.45) is 10.1. The molecular formula is C23H25NO3S2. The molecule has 4 rings (SSSR count). The van der Waals surface area contributed by atoms with Crippen LogP contribution in [0.1, 0.15) is 50.7 Å². The Morgan fingerprint density at radius 2 is 1.76 bits per heavy atom. The van der Waals surface area contributed by atoms with Gasteiger partial charge in [0.25, 0.3) is 5.91 Å². The predicted octanol–water partition coefficient (Wildman–Crippen LogP) is 6.27. The largest absolute Gasteiger partial charge is 0.497 e. The summed E-state index contributed by atoms with van der Waals surface area (Å²) in [5, 5.41) is 0. The smallest absolute Gasteiger partial charge is 0.266 e. The summed E-state index contributed by atoms with van der Waals surface area (Å²) in [4.78, 5) is 15.6. The van der Waals surface area contributed by atoms with Crippen molar-refractivity contribution >= 4 is 40.3 Å². The second-order valence-corrected chi connectivity index (χ2v) is 9.16. The first-order valence-corrected chi connectivity index (χ1v) is 11.4. The van der Waals surface area contributed by atoms with E-state index >= 15 is 0 Å². The molecule has 0 radical (unpaired) electrons. The monoisotopic (exact) mass is 427 g/mol. The van der Waals surface area contributed by atoms with Crippen molar-refractivity contribution in [3.63, 3.8) is 0 Å². The van der Waals surface area contributed by atoms with E-state index in [1.165, 1.54) is 43.9 Å². The molecule has 1 saturated carbocycles. The van der Waals surface area contributed by atoms with Crippen LogP contribution < -0.4 is 4.74 Å². The van der Waals surface area contributed by atoms with Crippen LogP contribution in [0.15, 0.2) is 45.7 Å². The Morgan fingerprint density at radius 1 is 1.07 bits per heavy atom. The SMILES string of the molecule is COc1ccc(-c2ccc(/C=C3\SC(=S)N(C4CCCCCCC4)C3=O)o2)cc1. The van der Waals surface area contributed by atoms with Gasteiger partial charge in [-0.3, -0.25) is 9.69 Å². The zero-order chi connectivity index (χ0) is 20.2. The molecule has 1 aromatic heterocycles. The standard InChI is InChI=1S/C23H25NO3S2/c1-26-18-11-9-16(10-12-18)20-14-13-19(27-20)15-21-22(25)24(23(28)29-21)17-7-5-3-2-4-6-8-17/h9-15,17H,2-8H2,1H3/b21-15-. The maximum absolute atomic E-state index is 13.1. The third-order valence-corrected chi connectivity index (χ3v) is 6.87. The van der Waals surface area contributed by atoms with E-state index in [1.54, 1.807) is 7.11 Å². The van der Waals surface area contributed by atoms with Crippen LogP contribution in [-0.2, 0) is 4.79 Å². The van der Waals surface area contributed by atoms with Crippen LogP contribution in [0.25, 0.3) is 17.4 Å². The van der Waals surface area contributed by atoms with Crippen molar-refractivity contribution in [2.45, 2.75) is 51.0 Å². The summed E-state index contributed by atoms with van der Waals surface area (Å²) in [5.41, 5.74) is 0.965. The van der Waals surface area contributed by atoms with E-state index in [9.17, 15) is 4.79 Å². The molecule has 4 nitrogen and oxygen atoms in total. The van der Waals surface area contributed by atoms with Crippen LogP contribution in [0, 0.1) is 0 Å². The number of hydrogen-bond donors (Lipinski definition) is 0. The van der Waals surface area contributed by atoms with Crippen LogP contribution in [0.5, 0.6) is 5.75 Å². The van der Waals surface area contributed by atoms with Crippen LogP contribution in [0.2, 0.25) is 0 Å². The first-order valence-electron chi connectivity index (χ1n) is 10.2. The minimum Gasteiger partial charge on any atom is -0.497 e. The van der Waals surface area contributed by atoms with Gasteiger partial charge in [-0.1, -0.05) is 56.1 Å². The van der Waals surface area contributed by atoms with Crippen molar-refractivity contribution in [3.05, 3.63) is 47.1 Å². The highest BCUT2D eigenvalue weighted by Gasteiger charge is 2.37. The number of ether oxygens (including phenoxy) is 1. The summed E-state index contributed by atoms with van der Waals surface area (Å²) < 4.78 is 11.8. The lowest BCUT2D eigenvalue weighted by Gasteiger charge is -2.28. The fraction of sp³-hybridized carbons (Fsp3) is 0.391. The van der Waals surface area contributed by atoms with Crippen molar-refractivity contribution in [1.82, 2.24) is 4.90 Å². The summed E-state index contributed by atoms with van der Waals surface area (Å²) >= 11 is 6.94. The Kier molecular flexibility index (Phi) is 6.40. The van der Waals surface area contributed by atoms with Gasteiger partial charge in [-0.25, -0.2) is 0 Å². The van der Waals surface area contributed by atoms with Gasteiger partial charge in [0.1, 0.15) is 21.6 Å². The number of benzene rings is 1. The Balaban J connectivity index is 1.50. The molecule has 0 N–H and O–H groups in total. The molecule has 1 aromatic carbocycles. The predicted molar refractivity (Wildman–Crippen MR) is 122 cm³/mol. The number of rotatable bonds is 4. The van der Waals surface area contributed by atoms with E-state index in [-0.39, 0.29) is 11.9 Å². The van der Waals surface area contributed by atoms with Gasteiger partial charge in [0.2, 0.25) is 0 Å². The number of nitrogens with zero attached hydrogens (tertiary/aromatic N) is 1. The molecule has 0 unspecified atom stereocenters. The number of hydrogen-bond acceptors (Lipinski definition) is 5. The fourth-order valence-electron chi connectivity index (χ4n) is 3.96. The summed E-state index contributed by atoms with van der Waals surface area (Å²) in [5.74, 6) is 2.25. The van der Waals surface area contributed by atoms with Gasteiger partial charge in [0.15, 0.2) is 0 Å². The van der Waals surface area contributed by atoms with Gasteiger partial charge in [-0.05, 0) is 49.2 Å². The van der Waals surface area contributed by atoms with Crippen LogP contribution in [0.4, 0.5) is 0 Å². The quantitative estimate of drug-likeness (QED) is 0.425. The molecule has 1 aliphatic carbocycles. The number of thioether (sulfide) groups is 1. The van der Waals surface area contributed by atoms with Crippen molar-refractivity contribution in [2.24, 2.45) is 0 Å². The summed E-state index contributed by atoms with van der Waals surface area (Å²) in [6, 6.07) is 11.8. The van der Waals surface area contributed by atoms with Crippen molar-refractivity contribution < 1.29 is 13.9 Å². The third kappa shape index (κ3) is 4.59. The molecule has 0 bridgehead atoms. The number of methoxy groups -OCH3 is 1. The Labute approximate surface area is 181 Å². The maximum atomic E-state index is 13.1. The molecule has 152 valence electrons. The van der Waals surface area contributed by atoms with Crippen molar-refractivity contribution in [2.75, 3.05) is 7.11 Å². The van der Waals surface area contributed by atoms with Gasteiger partial charge in [0.05, 0.1) is 12.0 Å². The van der Waals surface area contributed by atoms with Crippen molar-refractivity contribution in [3.8, 4) is 17.1 Å². The number of amides is 1. The number of carbonyl (C=O) groups excluding carboxylic acids is 1. The molecular weight excluding hydrogens is 402 g/mol. The van der Waals surface area contributed by atoms with E-state index in [4.69, 9.17) is 21.4 Å². The molecule has 1 amide bonds. The molecule has 29 heavy (non-hydrogen) atoms. The van der Waals surface area contributed by atoms with Crippen LogP contribution in [0.3, 0.4) is 0 Å². The van der Waals surface area contributed by atoms with Crippen molar-refractivity contribution in [1.29, 1.82) is 0 Å². The topological polar surface area (TPSA) is 42.7 Å². The van der Waals surface area contributed by atoms with Crippen LogP contribution in [-0.4, -0.2) is 28.3 Å². The van der Waals surface area contributed by atoms with E-state index in [0.717, 1.165) is 29.9 Å². The first-order chi connectivity index (χ1) is 14.2. The van der Waals surface area contributed by atoms with E-state index < -0.39 is 0 Å². The molecule has 0 spiro atoms. The normalized spacial score (nSPS) is 20.2. The fourth-order valence-corrected chi connectivity index (χ4v) is 5.34. The highest BCUT2D eigenvalue weighted by molar-refractivity contribution is 8.26. The zero-order valence-electron chi connectivity index (χ0n) is 16.6. The Morgan fingerprint density at radius 3 is 2.45 bits per heavy atom. The Bertz CT molecular complexity index is 908. The molecule has 0 atom stereocenters. The lowest BCUT2D eigenvalue weighted by molar-refractivity contribution is -0.123. The average molecular weight is 428 g/mol. The number of furan rings is 1. The zero-order valence-corrected chi connectivity index (χ0v) is 18.2. The highest BCUT2D eigenvalue weighted by atomic mass is 32.2. The van der Waals surface area contributed by atoms with Gasteiger partial charge in [-0.2, -0.15) is 0 Å². The van der Waals surface area contributed by atoms with Gasteiger partial charge in [-0.15, -0.1) is 0 Å². The van der Waals surface area contributed by atoms with Crippen LogP contribution >= 0.6 is 24.0 Å². The highest BCUT2D eigenvalue weighted by Crippen LogP contribution is 2.37. The number of thiocarbonyl (C=S) groups is 1. The minimum atomic E-state index is 0.0213. The average Bonchev–Trinajstić information content (AvgIpc) is 3.27. The first kappa shape index (κ1) is 20.2. The summed E-state index contributed by atoms with van der Waals surface area (Å²) in [6.45, 7) is 0. The molecule has 2 aromatic rings. The van der Waals surface area contributed by atoms with E-state index in [0.29, 0.717) is 15.0 Å². The molecule has 2 aliphatic rings. The second-order valence-electron chi connectivity index (χ2n) is 7.48. The maximum Gasteiger partial charge on any atom is 0.266 e. The number of carbonyl (C=O) groups is 1. The van der Waals surface area contributed by atoms with Gasteiger partial charge in [0, 0.05) is 17.7 Å². The lowest BCUT2D eigenvalue weighted by Crippen LogP contribution is -2.39. The molecule has 2 heterocycles. The second kappa shape index (κ2) is 9.18. The molecule has 6 heteroatoms. The van der Waals surface area contributed by atoms with E-state index in [1.807, 2.05) is 47.4 Å². The van der Waals surface area contributed by atoms with Gasteiger partial charge < -0.3 is 9.15 Å². The molecule has 1 aliphatic heterocycles. The summed E-state index contributed by atoms with van der Waals surface area (Å²) in [7, 11) is 1.65. The van der Waals surface area contributed by atoms with Gasteiger partial charge >= 0.3 is 0 Å². The lowest BCUT2D eigenvalue weighted by atomic mass is 9.96. The minimum absolute atomic E-state index is 0.0213.